The molecule has 0 spiro atoms. The predicted molar refractivity (Wildman–Crippen MR) is 67.0 cm³/mol. The molecule has 0 aromatic heterocycles. The lowest BCUT2D eigenvalue weighted by Gasteiger charge is -2.29. The molecule has 1 aliphatic rings. The fourth-order valence-corrected chi connectivity index (χ4v) is 2.39. The first-order valence-corrected chi connectivity index (χ1v) is 6.47. The Hall–Kier alpha value is -1.08. The summed E-state index contributed by atoms with van der Waals surface area (Å²) in [5, 5.41) is 8.66. The van der Waals surface area contributed by atoms with Gasteiger partial charge in [0.2, 0.25) is 5.91 Å². The van der Waals surface area contributed by atoms with E-state index >= 15 is 0 Å². The van der Waals surface area contributed by atoms with E-state index in [9.17, 15) is 4.79 Å². The first-order valence-electron chi connectivity index (χ1n) is 6.47. The lowest BCUT2D eigenvalue weighted by atomic mass is 9.93. The van der Waals surface area contributed by atoms with Crippen molar-refractivity contribution in [3.63, 3.8) is 0 Å². The van der Waals surface area contributed by atoms with Crippen molar-refractivity contribution in [2.45, 2.75) is 57.5 Å². The zero-order chi connectivity index (χ0) is 12.8. The van der Waals surface area contributed by atoms with Gasteiger partial charge in [-0.15, -0.1) is 0 Å². The molecule has 1 aliphatic carbocycles. The zero-order valence-electron chi connectivity index (χ0n) is 10.9. The summed E-state index contributed by atoms with van der Waals surface area (Å²) in [7, 11) is 1.78. The van der Waals surface area contributed by atoms with Crippen LogP contribution < -0.4 is 5.73 Å². The maximum absolute atomic E-state index is 12.3. The van der Waals surface area contributed by atoms with Crippen LogP contribution in [-0.2, 0) is 4.79 Å². The van der Waals surface area contributed by atoms with Gasteiger partial charge in [0.15, 0.2) is 0 Å². The largest absolute Gasteiger partial charge is 0.342 e. The average molecular weight is 237 g/mol. The van der Waals surface area contributed by atoms with Crippen molar-refractivity contribution in [3.05, 3.63) is 0 Å². The van der Waals surface area contributed by atoms with Crippen LogP contribution in [0.15, 0.2) is 0 Å². The third-order valence-corrected chi connectivity index (χ3v) is 3.78. The summed E-state index contributed by atoms with van der Waals surface area (Å²) in [6.45, 7) is 1.91. The molecule has 4 heteroatoms. The van der Waals surface area contributed by atoms with E-state index in [-0.39, 0.29) is 23.9 Å². The second-order valence-electron chi connectivity index (χ2n) is 5.07. The standard InChI is InChI=1S/C13H23N3O/c1-10(8-9-14)16(2)13(17)11-6-4-3-5-7-12(11)15/h10-12H,3-8,15H2,1-2H3. The number of hydrogen-bond donors (Lipinski definition) is 1. The van der Waals surface area contributed by atoms with Gasteiger partial charge in [0.1, 0.15) is 0 Å². The van der Waals surface area contributed by atoms with Crippen LogP contribution in [0.3, 0.4) is 0 Å². The smallest absolute Gasteiger partial charge is 0.227 e. The highest BCUT2D eigenvalue weighted by molar-refractivity contribution is 5.79. The van der Waals surface area contributed by atoms with Crippen molar-refractivity contribution in [1.82, 2.24) is 4.90 Å². The normalized spacial score (nSPS) is 26.7. The summed E-state index contributed by atoms with van der Waals surface area (Å²) < 4.78 is 0. The van der Waals surface area contributed by atoms with Gasteiger partial charge < -0.3 is 10.6 Å². The molecule has 0 saturated heterocycles. The molecule has 3 atom stereocenters. The highest BCUT2D eigenvalue weighted by atomic mass is 16.2. The minimum absolute atomic E-state index is 0.0123. The molecule has 1 rings (SSSR count). The molecule has 17 heavy (non-hydrogen) atoms. The lowest BCUT2D eigenvalue weighted by molar-refractivity contribution is -0.136. The minimum Gasteiger partial charge on any atom is -0.342 e. The number of hydrogen-bond acceptors (Lipinski definition) is 3. The maximum atomic E-state index is 12.3. The second-order valence-corrected chi connectivity index (χ2v) is 5.07. The zero-order valence-corrected chi connectivity index (χ0v) is 10.9. The summed E-state index contributed by atoms with van der Waals surface area (Å²) in [5.74, 6) is 0.0609. The molecular formula is C13H23N3O. The van der Waals surface area contributed by atoms with Gasteiger partial charge in [-0.05, 0) is 19.8 Å². The highest BCUT2D eigenvalue weighted by Gasteiger charge is 2.30. The van der Waals surface area contributed by atoms with E-state index in [1.807, 2.05) is 6.92 Å². The maximum Gasteiger partial charge on any atom is 0.227 e. The van der Waals surface area contributed by atoms with Crippen molar-refractivity contribution in [2.75, 3.05) is 7.05 Å². The van der Waals surface area contributed by atoms with E-state index in [1.54, 1.807) is 11.9 Å². The highest BCUT2D eigenvalue weighted by Crippen LogP contribution is 2.24. The number of amides is 1. The fourth-order valence-electron chi connectivity index (χ4n) is 2.39. The number of nitrogens with zero attached hydrogens (tertiary/aromatic N) is 2. The monoisotopic (exact) mass is 237 g/mol. The molecule has 0 bridgehead atoms. The molecule has 0 radical (unpaired) electrons. The first kappa shape index (κ1) is 14.0. The van der Waals surface area contributed by atoms with Crippen LogP contribution in [0, 0.1) is 17.2 Å². The summed E-state index contributed by atoms with van der Waals surface area (Å²) in [6, 6.07) is 2.07. The van der Waals surface area contributed by atoms with E-state index in [2.05, 4.69) is 6.07 Å². The van der Waals surface area contributed by atoms with E-state index in [0.29, 0.717) is 6.42 Å². The first-order chi connectivity index (χ1) is 8.07. The molecule has 3 unspecified atom stereocenters. The Kier molecular flexibility index (Phi) is 5.43. The van der Waals surface area contributed by atoms with Gasteiger partial charge >= 0.3 is 0 Å². The van der Waals surface area contributed by atoms with Crippen LogP contribution in [0.4, 0.5) is 0 Å². The van der Waals surface area contributed by atoms with E-state index in [4.69, 9.17) is 11.0 Å². The number of nitrogens with two attached hydrogens (primary N) is 1. The molecule has 2 N–H and O–H groups in total. The van der Waals surface area contributed by atoms with Gasteiger partial charge in [-0.1, -0.05) is 19.3 Å². The molecule has 4 nitrogen and oxygen atoms in total. The molecule has 0 aromatic carbocycles. The predicted octanol–water partition coefficient (Wildman–Crippen LogP) is 1.65. The molecule has 0 aromatic rings. The Balaban J connectivity index is 2.63. The van der Waals surface area contributed by atoms with Gasteiger partial charge in [-0.2, -0.15) is 5.26 Å². The molecule has 1 saturated carbocycles. The van der Waals surface area contributed by atoms with Crippen LogP contribution in [0.1, 0.15) is 45.4 Å². The minimum atomic E-state index is -0.0522. The Morgan fingerprint density at radius 1 is 1.47 bits per heavy atom. The van der Waals surface area contributed by atoms with Gasteiger partial charge in [-0.25, -0.2) is 0 Å². The molecule has 1 amide bonds. The lowest BCUT2D eigenvalue weighted by Crippen LogP contribution is -2.45. The fraction of sp³-hybridized carbons (Fsp3) is 0.846. The van der Waals surface area contributed by atoms with Crippen molar-refractivity contribution in [1.29, 1.82) is 5.26 Å². The Morgan fingerprint density at radius 2 is 2.12 bits per heavy atom. The van der Waals surface area contributed by atoms with E-state index in [0.717, 1.165) is 25.7 Å². The molecule has 0 aliphatic heterocycles. The van der Waals surface area contributed by atoms with E-state index < -0.39 is 0 Å². The molecule has 0 heterocycles. The second kappa shape index (κ2) is 6.61. The van der Waals surface area contributed by atoms with Crippen LogP contribution in [0.5, 0.6) is 0 Å². The molecule has 96 valence electrons. The number of carbonyl (C=O) groups excluding carboxylic acids is 1. The Morgan fingerprint density at radius 3 is 2.76 bits per heavy atom. The molecule has 1 fully saturated rings. The van der Waals surface area contributed by atoms with Crippen LogP contribution in [-0.4, -0.2) is 29.9 Å². The van der Waals surface area contributed by atoms with Gasteiger partial charge in [0.05, 0.1) is 18.4 Å². The quantitative estimate of drug-likeness (QED) is 0.759. The summed E-state index contributed by atoms with van der Waals surface area (Å²) in [4.78, 5) is 14.0. The Bertz CT molecular complexity index is 298. The van der Waals surface area contributed by atoms with Crippen molar-refractivity contribution in [3.8, 4) is 6.07 Å². The van der Waals surface area contributed by atoms with E-state index in [1.165, 1.54) is 6.42 Å². The van der Waals surface area contributed by atoms with Gasteiger partial charge in [-0.3, -0.25) is 4.79 Å². The van der Waals surface area contributed by atoms with Crippen molar-refractivity contribution in [2.24, 2.45) is 11.7 Å². The number of carbonyl (C=O) groups is 1. The van der Waals surface area contributed by atoms with Crippen molar-refractivity contribution >= 4 is 5.91 Å². The summed E-state index contributed by atoms with van der Waals surface area (Å²) >= 11 is 0. The third kappa shape index (κ3) is 3.71. The number of rotatable bonds is 3. The SMILES string of the molecule is CC(CC#N)N(C)C(=O)C1CCCCCC1N. The van der Waals surface area contributed by atoms with Crippen molar-refractivity contribution < 1.29 is 4.79 Å². The van der Waals surface area contributed by atoms with Crippen LogP contribution in [0.2, 0.25) is 0 Å². The topological polar surface area (TPSA) is 70.1 Å². The Labute approximate surface area is 104 Å². The summed E-state index contributed by atoms with van der Waals surface area (Å²) in [5.41, 5.74) is 6.08. The van der Waals surface area contributed by atoms with Gasteiger partial charge in [0, 0.05) is 19.1 Å². The third-order valence-electron chi connectivity index (χ3n) is 3.78. The van der Waals surface area contributed by atoms with Crippen LogP contribution >= 0.6 is 0 Å². The number of nitriles is 1. The molecular weight excluding hydrogens is 214 g/mol. The average Bonchev–Trinajstić information content (AvgIpc) is 2.52. The van der Waals surface area contributed by atoms with Gasteiger partial charge in [0.25, 0.3) is 0 Å². The summed E-state index contributed by atoms with van der Waals surface area (Å²) in [6.07, 6.45) is 5.60. The van der Waals surface area contributed by atoms with Crippen LogP contribution in [0.25, 0.3) is 0 Å².